The third kappa shape index (κ3) is 3.69. The average molecular weight is 264 g/mol. The van der Waals surface area contributed by atoms with E-state index in [0.29, 0.717) is 12.0 Å². The summed E-state index contributed by atoms with van der Waals surface area (Å²) in [5.41, 5.74) is 2.67. The molecule has 19 heavy (non-hydrogen) atoms. The van der Waals surface area contributed by atoms with Crippen LogP contribution < -0.4 is 10.2 Å². The minimum absolute atomic E-state index is 0.149. The molecule has 1 N–H and O–H groups in total. The number of hydrogen-bond acceptors (Lipinski definition) is 2. The van der Waals surface area contributed by atoms with Crippen LogP contribution in [0.4, 0.5) is 10.1 Å². The maximum Gasteiger partial charge on any atom is 0.123 e. The molecule has 1 heterocycles. The summed E-state index contributed by atoms with van der Waals surface area (Å²) in [5.74, 6) is -0.149. The van der Waals surface area contributed by atoms with Gasteiger partial charge < -0.3 is 10.2 Å². The molecule has 106 valence electrons. The van der Waals surface area contributed by atoms with Gasteiger partial charge in [-0.15, -0.1) is 0 Å². The first-order valence-electron chi connectivity index (χ1n) is 7.20. The molecule has 0 bridgehead atoms. The first-order chi connectivity index (χ1) is 9.02. The van der Waals surface area contributed by atoms with Gasteiger partial charge in [0.2, 0.25) is 0 Å². The molecule has 0 spiro atoms. The van der Waals surface area contributed by atoms with E-state index in [1.54, 1.807) is 12.1 Å². The van der Waals surface area contributed by atoms with Crippen LogP contribution in [0.3, 0.4) is 0 Å². The molecule has 1 aliphatic rings. The van der Waals surface area contributed by atoms with E-state index in [-0.39, 0.29) is 5.82 Å². The van der Waals surface area contributed by atoms with E-state index < -0.39 is 0 Å². The molecule has 0 amide bonds. The predicted molar refractivity (Wildman–Crippen MR) is 79.0 cm³/mol. The van der Waals surface area contributed by atoms with Gasteiger partial charge in [-0.05, 0) is 55.5 Å². The number of halogens is 1. The molecule has 0 atom stereocenters. The second-order valence-corrected chi connectivity index (χ2v) is 6.31. The van der Waals surface area contributed by atoms with Crippen LogP contribution >= 0.6 is 0 Å². The van der Waals surface area contributed by atoms with Gasteiger partial charge in [-0.3, -0.25) is 0 Å². The summed E-state index contributed by atoms with van der Waals surface area (Å²) in [4.78, 5) is 2.42. The summed E-state index contributed by atoms with van der Waals surface area (Å²) < 4.78 is 13.4. The van der Waals surface area contributed by atoms with Crippen molar-refractivity contribution in [3.05, 3.63) is 29.6 Å². The van der Waals surface area contributed by atoms with Gasteiger partial charge in [0.05, 0.1) is 0 Å². The summed E-state index contributed by atoms with van der Waals surface area (Å²) in [6.07, 6.45) is 3.68. The molecule has 0 unspecified atom stereocenters. The van der Waals surface area contributed by atoms with Crippen LogP contribution in [0.5, 0.6) is 0 Å². The molecule has 0 aliphatic carbocycles. The number of rotatable bonds is 3. The lowest BCUT2D eigenvalue weighted by molar-refractivity contribution is 0.325. The Morgan fingerprint density at radius 1 is 1.26 bits per heavy atom. The topological polar surface area (TPSA) is 15.3 Å². The average Bonchev–Trinajstić information content (AvgIpc) is 2.51. The van der Waals surface area contributed by atoms with Crippen LogP contribution in [-0.2, 0) is 6.54 Å². The van der Waals surface area contributed by atoms with Gasteiger partial charge in [0.15, 0.2) is 0 Å². The zero-order valence-electron chi connectivity index (χ0n) is 12.3. The van der Waals surface area contributed by atoms with E-state index in [1.165, 1.54) is 24.9 Å². The first kappa shape index (κ1) is 14.3. The Bertz CT molecular complexity index is 429. The molecule has 0 radical (unpaired) electrons. The van der Waals surface area contributed by atoms with Crippen molar-refractivity contribution < 1.29 is 4.39 Å². The lowest BCUT2D eigenvalue weighted by Gasteiger charge is -2.27. The molecular weight excluding hydrogens is 239 g/mol. The van der Waals surface area contributed by atoms with Gasteiger partial charge >= 0.3 is 0 Å². The minimum Gasteiger partial charge on any atom is -0.371 e. The summed E-state index contributed by atoms with van der Waals surface area (Å²) >= 11 is 0. The van der Waals surface area contributed by atoms with E-state index in [9.17, 15) is 4.39 Å². The van der Waals surface area contributed by atoms with Crippen molar-refractivity contribution in [3.63, 3.8) is 0 Å². The fraction of sp³-hybridized carbons (Fsp3) is 0.625. The van der Waals surface area contributed by atoms with Crippen molar-refractivity contribution in [2.45, 2.75) is 39.7 Å². The molecule has 0 aromatic heterocycles. The fourth-order valence-electron chi connectivity index (χ4n) is 2.86. The molecule has 3 heteroatoms. The number of hydrogen-bond donors (Lipinski definition) is 1. The van der Waals surface area contributed by atoms with Crippen molar-refractivity contribution >= 4 is 5.69 Å². The van der Waals surface area contributed by atoms with Gasteiger partial charge in [0.25, 0.3) is 0 Å². The highest BCUT2D eigenvalue weighted by Gasteiger charge is 2.24. The van der Waals surface area contributed by atoms with Crippen LogP contribution in [0.1, 0.15) is 38.7 Å². The second-order valence-electron chi connectivity index (χ2n) is 6.31. The Balaban J connectivity index is 2.21. The number of benzene rings is 1. The molecule has 1 aromatic rings. The van der Waals surface area contributed by atoms with Gasteiger partial charge in [0.1, 0.15) is 5.82 Å². The summed E-state index contributed by atoms with van der Waals surface area (Å²) in [6.45, 7) is 7.54. The van der Waals surface area contributed by atoms with Gasteiger partial charge in [-0.2, -0.15) is 0 Å². The molecule has 1 aromatic carbocycles. The highest BCUT2D eigenvalue weighted by Crippen LogP contribution is 2.32. The molecule has 2 nitrogen and oxygen atoms in total. The van der Waals surface area contributed by atoms with Crippen LogP contribution in [0, 0.1) is 11.2 Å². The van der Waals surface area contributed by atoms with Gasteiger partial charge in [-0.25, -0.2) is 4.39 Å². The molecule has 1 fully saturated rings. The standard InChI is InChI=1S/C16H25FN2/c1-16(2)7-4-9-19(10-8-16)15-6-5-14(17)11-13(15)12-18-3/h5-6,11,18H,4,7-10,12H2,1-3H3. The maximum atomic E-state index is 13.4. The normalized spacial score (nSPS) is 19.3. The molecule has 1 aliphatic heterocycles. The number of nitrogens with zero attached hydrogens (tertiary/aromatic N) is 1. The Morgan fingerprint density at radius 3 is 2.79 bits per heavy atom. The monoisotopic (exact) mass is 264 g/mol. The zero-order chi connectivity index (χ0) is 13.9. The largest absolute Gasteiger partial charge is 0.371 e. The van der Waals surface area contributed by atoms with Crippen LogP contribution in [0.2, 0.25) is 0 Å². The highest BCUT2D eigenvalue weighted by molar-refractivity contribution is 5.54. The lowest BCUT2D eigenvalue weighted by atomic mass is 9.85. The first-order valence-corrected chi connectivity index (χ1v) is 7.20. The highest BCUT2D eigenvalue weighted by atomic mass is 19.1. The summed E-state index contributed by atoms with van der Waals surface area (Å²) in [7, 11) is 1.90. The van der Waals surface area contributed by atoms with Crippen molar-refractivity contribution in [1.29, 1.82) is 0 Å². The molecule has 1 saturated heterocycles. The Labute approximate surface area is 116 Å². The SMILES string of the molecule is CNCc1cc(F)ccc1N1CCCC(C)(C)CC1. The van der Waals surface area contributed by atoms with Gasteiger partial charge in [-0.1, -0.05) is 13.8 Å². The van der Waals surface area contributed by atoms with E-state index in [4.69, 9.17) is 0 Å². The predicted octanol–water partition coefficient (Wildman–Crippen LogP) is 3.56. The van der Waals surface area contributed by atoms with Crippen LogP contribution in [0.25, 0.3) is 0 Å². The summed E-state index contributed by atoms with van der Waals surface area (Å²) in [5, 5.41) is 3.13. The fourth-order valence-corrected chi connectivity index (χ4v) is 2.86. The van der Waals surface area contributed by atoms with Crippen LogP contribution in [-0.4, -0.2) is 20.1 Å². The molecule has 2 rings (SSSR count). The summed E-state index contributed by atoms with van der Waals surface area (Å²) in [6, 6.07) is 5.16. The van der Waals surface area contributed by atoms with Crippen molar-refractivity contribution in [2.24, 2.45) is 5.41 Å². The molecular formula is C16H25FN2. The third-order valence-corrected chi connectivity index (χ3v) is 4.09. The minimum atomic E-state index is -0.149. The van der Waals surface area contributed by atoms with Crippen molar-refractivity contribution in [2.75, 3.05) is 25.0 Å². The lowest BCUT2D eigenvalue weighted by Crippen LogP contribution is -2.26. The number of anilines is 1. The van der Waals surface area contributed by atoms with E-state index in [1.807, 2.05) is 13.1 Å². The van der Waals surface area contributed by atoms with Crippen LogP contribution in [0.15, 0.2) is 18.2 Å². The zero-order valence-corrected chi connectivity index (χ0v) is 12.3. The van der Waals surface area contributed by atoms with Crippen molar-refractivity contribution in [1.82, 2.24) is 5.32 Å². The quantitative estimate of drug-likeness (QED) is 0.898. The third-order valence-electron chi connectivity index (χ3n) is 4.09. The van der Waals surface area contributed by atoms with E-state index >= 15 is 0 Å². The van der Waals surface area contributed by atoms with E-state index in [2.05, 4.69) is 24.1 Å². The smallest absolute Gasteiger partial charge is 0.123 e. The van der Waals surface area contributed by atoms with Gasteiger partial charge in [0, 0.05) is 25.3 Å². The second kappa shape index (κ2) is 5.91. The maximum absolute atomic E-state index is 13.4. The van der Waals surface area contributed by atoms with Crippen molar-refractivity contribution in [3.8, 4) is 0 Å². The van der Waals surface area contributed by atoms with E-state index in [0.717, 1.165) is 18.7 Å². The number of nitrogens with one attached hydrogen (secondary N) is 1. The Kier molecular flexibility index (Phi) is 4.46. The Morgan fingerprint density at radius 2 is 2.05 bits per heavy atom. The Hall–Kier alpha value is -1.09. The molecule has 0 saturated carbocycles.